The predicted molar refractivity (Wildman–Crippen MR) is 78.7 cm³/mol. The molecule has 0 amide bonds. The second-order valence-corrected chi connectivity index (χ2v) is 5.22. The zero-order chi connectivity index (χ0) is 14.0. The molecule has 0 saturated heterocycles. The Morgan fingerprint density at radius 2 is 1.79 bits per heavy atom. The highest BCUT2D eigenvalue weighted by Crippen LogP contribution is 2.35. The zero-order valence-corrected chi connectivity index (χ0v) is 12.1. The van der Waals surface area contributed by atoms with E-state index in [1.165, 1.54) is 6.07 Å². The Labute approximate surface area is 123 Å². The molecule has 0 aliphatic rings. The van der Waals surface area contributed by atoms with Gasteiger partial charge in [-0.15, -0.1) is 0 Å². The molecule has 4 N–H and O–H groups in total. The van der Waals surface area contributed by atoms with E-state index < -0.39 is 5.82 Å². The highest BCUT2D eigenvalue weighted by atomic mass is 79.9. The molecule has 0 radical (unpaired) electrons. The van der Waals surface area contributed by atoms with Gasteiger partial charge in [-0.3, -0.25) is 0 Å². The lowest BCUT2D eigenvalue weighted by molar-refractivity contribution is 0.292. The third-order valence-electron chi connectivity index (χ3n) is 2.52. The molecule has 0 unspecified atom stereocenters. The third-order valence-corrected chi connectivity index (χ3v) is 3.43. The average Bonchev–Trinajstić information content (AvgIpc) is 2.38. The van der Waals surface area contributed by atoms with Crippen LogP contribution in [0.5, 0.6) is 5.75 Å². The van der Waals surface area contributed by atoms with Gasteiger partial charge in [0, 0.05) is 4.47 Å². The fourth-order valence-corrected chi connectivity index (χ4v) is 1.94. The van der Waals surface area contributed by atoms with Crippen LogP contribution in [0.25, 0.3) is 0 Å². The topological polar surface area (TPSA) is 61.3 Å². The number of ether oxygens (including phenoxy) is 1. The average molecular weight is 346 g/mol. The van der Waals surface area contributed by atoms with Crippen molar-refractivity contribution in [3.05, 3.63) is 51.2 Å². The van der Waals surface area contributed by atoms with Crippen molar-refractivity contribution in [3.63, 3.8) is 0 Å². The van der Waals surface area contributed by atoms with Gasteiger partial charge in [0.25, 0.3) is 0 Å². The molecule has 0 heterocycles. The predicted octanol–water partition coefficient (Wildman–Crippen LogP) is 3.99. The highest BCUT2D eigenvalue weighted by molar-refractivity contribution is 9.10. The summed E-state index contributed by atoms with van der Waals surface area (Å²) in [6.45, 7) is 0.189. The molecule has 0 saturated carbocycles. The van der Waals surface area contributed by atoms with Crippen molar-refractivity contribution in [2.45, 2.75) is 6.61 Å². The minimum Gasteiger partial charge on any atom is -0.484 e. The summed E-state index contributed by atoms with van der Waals surface area (Å²) in [7, 11) is 0. The SMILES string of the molecule is Nc1cc(N)c(OCc2ccc(Br)cc2)c(F)c1Cl. The molecule has 100 valence electrons. The summed E-state index contributed by atoms with van der Waals surface area (Å²) < 4.78 is 20.2. The number of rotatable bonds is 3. The minimum atomic E-state index is -0.740. The van der Waals surface area contributed by atoms with E-state index in [4.69, 9.17) is 27.8 Å². The fourth-order valence-electron chi connectivity index (χ4n) is 1.53. The van der Waals surface area contributed by atoms with Gasteiger partial charge >= 0.3 is 0 Å². The van der Waals surface area contributed by atoms with Crippen LogP contribution in [0.3, 0.4) is 0 Å². The van der Waals surface area contributed by atoms with Gasteiger partial charge in [0.05, 0.1) is 11.4 Å². The lowest BCUT2D eigenvalue weighted by Crippen LogP contribution is -2.03. The molecule has 0 aliphatic heterocycles. The molecule has 0 spiro atoms. The van der Waals surface area contributed by atoms with Crippen molar-refractivity contribution in [2.24, 2.45) is 0 Å². The maximum atomic E-state index is 13.9. The summed E-state index contributed by atoms with van der Waals surface area (Å²) in [5.41, 5.74) is 12.3. The molecular formula is C13H11BrClFN2O. The molecule has 2 aromatic carbocycles. The molecule has 19 heavy (non-hydrogen) atoms. The van der Waals surface area contributed by atoms with Gasteiger partial charge in [0.2, 0.25) is 0 Å². The molecular weight excluding hydrogens is 335 g/mol. The van der Waals surface area contributed by atoms with Crippen LogP contribution in [-0.2, 0) is 6.61 Å². The number of hydrogen-bond acceptors (Lipinski definition) is 3. The van der Waals surface area contributed by atoms with Crippen LogP contribution in [-0.4, -0.2) is 0 Å². The number of hydrogen-bond donors (Lipinski definition) is 2. The van der Waals surface area contributed by atoms with Crippen LogP contribution in [0.4, 0.5) is 15.8 Å². The summed E-state index contributed by atoms with van der Waals surface area (Å²) in [5, 5.41) is -0.181. The Balaban J connectivity index is 2.20. The van der Waals surface area contributed by atoms with Crippen LogP contribution in [0.2, 0.25) is 5.02 Å². The van der Waals surface area contributed by atoms with Gasteiger partial charge in [0.15, 0.2) is 11.6 Å². The van der Waals surface area contributed by atoms with Crippen molar-refractivity contribution in [2.75, 3.05) is 11.5 Å². The van der Waals surface area contributed by atoms with Crippen molar-refractivity contribution >= 4 is 38.9 Å². The third kappa shape index (κ3) is 3.11. The Morgan fingerprint density at radius 1 is 1.16 bits per heavy atom. The van der Waals surface area contributed by atoms with E-state index in [0.717, 1.165) is 10.0 Å². The maximum absolute atomic E-state index is 13.9. The first-order valence-corrected chi connectivity index (χ1v) is 6.56. The molecule has 3 nitrogen and oxygen atoms in total. The highest BCUT2D eigenvalue weighted by Gasteiger charge is 2.15. The summed E-state index contributed by atoms with van der Waals surface area (Å²) in [4.78, 5) is 0. The fraction of sp³-hybridized carbons (Fsp3) is 0.0769. The largest absolute Gasteiger partial charge is 0.484 e. The standard InChI is InChI=1S/C13H11BrClFN2O/c14-8-3-1-7(2-4-8)6-19-13-10(18)5-9(17)11(15)12(13)16/h1-5H,6,17-18H2. The number of nitrogen functional groups attached to an aromatic ring is 2. The number of halogens is 3. The molecule has 0 aromatic heterocycles. The monoisotopic (exact) mass is 344 g/mol. The van der Waals surface area contributed by atoms with E-state index in [-0.39, 0.29) is 28.8 Å². The van der Waals surface area contributed by atoms with Crippen LogP contribution in [0.15, 0.2) is 34.8 Å². The summed E-state index contributed by atoms with van der Waals surface area (Å²) in [6, 6.07) is 8.83. The Kier molecular flexibility index (Phi) is 4.17. The van der Waals surface area contributed by atoms with Crippen molar-refractivity contribution in [1.82, 2.24) is 0 Å². The Hall–Kier alpha value is -1.46. The second-order valence-electron chi connectivity index (χ2n) is 3.93. The second kappa shape index (κ2) is 5.67. The molecule has 0 bridgehead atoms. The maximum Gasteiger partial charge on any atom is 0.187 e. The molecule has 2 rings (SSSR count). The first-order chi connectivity index (χ1) is 8.99. The quantitative estimate of drug-likeness (QED) is 0.827. The normalized spacial score (nSPS) is 10.5. The number of benzene rings is 2. The molecule has 0 aliphatic carbocycles. The molecule has 0 atom stereocenters. The lowest BCUT2D eigenvalue weighted by atomic mass is 10.2. The van der Waals surface area contributed by atoms with Crippen LogP contribution in [0, 0.1) is 5.82 Å². The zero-order valence-electron chi connectivity index (χ0n) is 9.79. The van der Waals surface area contributed by atoms with Crippen LogP contribution in [0.1, 0.15) is 5.56 Å². The first kappa shape index (κ1) is 14.0. The van der Waals surface area contributed by atoms with E-state index in [9.17, 15) is 4.39 Å². The first-order valence-electron chi connectivity index (χ1n) is 5.39. The van der Waals surface area contributed by atoms with Crippen molar-refractivity contribution in [3.8, 4) is 5.75 Å². The van der Waals surface area contributed by atoms with Crippen molar-refractivity contribution in [1.29, 1.82) is 0 Å². The molecule has 0 fully saturated rings. The van der Waals surface area contributed by atoms with Crippen molar-refractivity contribution < 1.29 is 9.13 Å². The van der Waals surface area contributed by atoms with Gasteiger partial charge in [-0.2, -0.15) is 0 Å². The van der Waals surface area contributed by atoms with Crippen LogP contribution >= 0.6 is 27.5 Å². The lowest BCUT2D eigenvalue weighted by Gasteiger charge is -2.12. The Morgan fingerprint density at radius 3 is 2.42 bits per heavy atom. The van der Waals surface area contributed by atoms with Gasteiger partial charge in [0.1, 0.15) is 11.6 Å². The summed E-state index contributed by atoms with van der Waals surface area (Å²) in [6.07, 6.45) is 0. The van der Waals surface area contributed by atoms with E-state index >= 15 is 0 Å². The van der Waals surface area contributed by atoms with Gasteiger partial charge < -0.3 is 16.2 Å². The minimum absolute atomic E-state index is 0.0814. The van der Waals surface area contributed by atoms with Gasteiger partial charge in [-0.05, 0) is 23.8 Å². The van der Waals surface area contributed by atoms with Crippen LogP contribution < -0.4 is 16.2 Å². The van der Waals surface area contributed by atoms with Gasteiger partial charge in [-0.1, -0.05) is 39.7 Å². The van der Waals surface area contributed by atoms with Gasteiger partial charge in [-0.25, -0.2) is 4.39 Å². The smallest absolute Gasteiger partial charge is 0.187 e. The summed E-state index contributed by atoms with van der Waals surface area (Å²) >= 11 is 9.05. The van der Waals surface area contributed by atoms with E-state index in [0.29, 0.717) is 0 Å². The molecule has 6 heteroatoms. The number of anilines is 2. The van der Waals surface area contributed by atoms with E-state index in [1.807, 2.05) is 24.3 Å². The number of nitrogens with two attached hydrogens (primary N) is 2. The Bertz CT molecular complexity index is 605. The van der Waals surface area contributed by atoms with E-state index in [1.54, 1.807) is 0 Å². The summed E-state index contributed by atoms with van der Waals surface area (Å²) in [5.74, 6) is -0.821. The molecule has 2 aromatic rings. The van der Waals surface area contributed by atoms with E-state index in [2.05, 4.69) is 15.9 Å².